The predicted octanol–water partition coefficient (Wildman–Crippen LogP) is 4.27. The number of hydrogen-bond acceptors (Lipinski definition) is 7. The number of anilines is 1. The molecule has 0 aliphatic carbocycles. The average molecular weight is 490 g/mol. The number of thioether (sulfide) groups is 1. The largest absolute Gasteiger partial charge is 0.467 e. The molecule has 1 aromatic carbocycles. The summed E-state index contributed by atoms with van der Waals surface area (Å²) in [7, 11) is 0. The highest BCUT2D eigenvalue weighted by molar-refractivity contribution is 7.99. The van der Waals surface area contributed by atoms with Crippen LogP contribution in [0.15, 0.2) is 62.4 Å². The number of rotatable bonds is 6. The van der Waals surface area contributed by atoms with Crippen LogP contribution in [-0.4, -0.2) is 30.8 Å². The van der Waals surface area contributed by atoms with Gasteiger partial charge in [-0.2, -0.15) is 0 Å². The molecular formula is C20H13ClFN5O3S2. The number of carbonyl (C=O) groups is 1. The van der Waals surface area contributed by atoms with Crippen LogP contribution in [0.3, 0.4) is 0 Å². The Morgan fingerprint density at radius 3 is 2.94 bits per heavy atom. The van der Waals surface area contributed by atoms with Crippen LogP contribution in [0.5, 0.6) is 0 Å². The summed E-state index contributed by atoms with van der Waals surface area (Å²) >= 11 is 8.18. The van der Waals surface area contributed by atoms with E-state index in [1.165, 1.54) is 34.3 Å². The van der Waals surface area contributed by atoms with Crippen LogP contribution in [-0.2, 0) is 11.3 Å². The fourth-order valence-corrected chi connectivity index (χ4v) is 4.92. The summed E-state index contributed by atoms with van der Waals surface area (Å²) < 4.78 is 23.1. The minimum atomic E-state index is -0.620. The molecule has 5 aromatic rings. The Bertz CT molecular complexity index is 1510. The van der Waals surface area contributed by atoms with E-state index in [4.69, 9.17) is 16.0 Å². The van der Waals surface area contributed by atoms with Crippen LogP contribution in [0.2, 0.25) is 5.02 Å². The molecule has 0 saturated heterocycles. The Labute approximate surface area is 192 Å². The first-order chi connectivity index (χ1) is 15.5. The number of furan rings is 1. The standard InChI is InChI=1S/C20H13ClFN5O3S2/c21-11-3-4-14(13(22)8-11)23-16(28)10-32-20-25-24-19-26(9-12-2-1-6-30-12)18(29)17-15(27(19)20)5-7-31-17/h1-8H,9-10H2,(H,23,28). The third kappa shape index (κ3) is 3.78. The molecule has 8 nitrogen and oxygen atoms in total. The number of nitrogens with one attached hydrogen (secondary N) is 1. The van der Waals surface area contributed by atoms with Crippen molar-refractivity contribution in [3.63, 3.8) is 0 Å². The van der Waals surface area contributed by atoms with Gasteiger partial charge in [0.25, 0.3) is 5.56 Å². The maximum absolute atomic E-state index is 13.9. The molecule has 0 aliphatic rings. The van der Waals surface area contributed by atoms with Crippen molar-refractivity contribution in [3.8, 4) is 0 Å². The first-order valence-corrected chi connectivity index (χ1v) is 11.5. The van der Waals surface area contributed by atoms with Crippen molar-refractivity contribution < 1.29 is 13.6 Å². The minimum absolute atomic E-state index is 0.0359. The lowest BCUT2D eigenvalue weighted by Gasteiger charge is -2.08. The number of halogens is 2. The van der Waals surface area contributed by atoms with Crippen molar-refractivity contribution in [2.75, 3.05) is 11.1 Å². The lowest BCUT2D eigenvalue weighted by Crippen LogP contribution is -2.23. The molecule has 1 N–H and O–H groups in total. The van der Waals surface area contributed by atoms with Gasteiger partial charge in [0, 0.05) is 5.02 Å². The van der Waals surface area contributed by atoms with Gasteiger partial charge in [-0.3, -0.25) is 18.6 Å². The van der Waals surface area contributed by atoms with Gasteiger partial charge in [-0.15, -0.1) is 21.5 Å². The summed E-state index contributed by atoms with van der Waals surface area (Å²) in [6, 6.07) is 9.34. The van der Waals surface area contributed by atoms with Gasteiger partial charge in [0.1, 0.15) is 16.3 Å². The molecule has 0 radical (unpaired) electrons. The first kappa shape index (κ1) is 20.7. The third-order valence-corrected chi connectivity index (χ3v) is 6.67. The molecule has 4 aromatic heterocycles. The zero-order chi connectivity index (χ0) is 22.2. The second kappa shape index (κ2) is 8.41. The average Bonchev–Trinajstić information content (AvgIpc) is 3.52. The summed E-state index contributed by atoms with van der Waals surface area (Å²) in [5.41, 5.74) is 0.500. The zero-order valence-electron chi connectivity index (χ0n) is 16.1. The number of thiophene rings is 1. The maximum Gasteiger partial charge on any atom is 0.273 e. The monoisotopic (exact) mass is 489 g/mol. The SMILES string of the molecule is O=C(CSc1nnc2n(Cc3ccco3)c(=O)c3sccc3n12)Nc1ccc(Cl)cc1F. The number of nitrogens with zero attached hydrogens (tertiary/aromatic N) is 4. The fourth-order valence-electron chi connectivity index (χ4n) is 3.20. The summed E-state index contributed by atoms with van der Waals surface area (Å²) in [5, 5.41) is 13.4. The Morgan fingerprint density at radius 1 is 1.28 bits per heavy atom. The van der Waals surface area contributed by atoms with Gasteiger partial charge in [-0.25, -0.2) is 4.39 Å². The van der Waals surface area contributed by atoms with Crippen molar-refractivity contribution in [2.45, 2.75) is 11.7 Å². The van der Waals surface area contributed by atoms with E-state index >= 15 is 0 Å². The molecule has 1 amide bonds. The van der Waals surface area contributed by atoms with E-state index in [9.17, 15) is 14.0 Å². The lowest BCUT2D eigenvalue weighted by molar-refractivity contribution is -0.113. The third-order valence-electron chi connectivity index (χ3n) is 4.61. The number of benzene rings is 1. The van der Waals surface area contributed by atoms with Gasteiger partial charge in [0.2, 0.25) is 11.7 Å². The van der Waals surface area contributed by atoms with Crippen molar-refractivity contribution >= 4 is 62.3 Å². The van der Waals surface area contributed by atoms with Gasteiger partial charge >= 0.3 is 0 Å². The fraction of sp³-hybridized carbons (Fsp3) is 0.100. The van der Waals surface area contributed by atoms with Crippen LogP contribution in [0.25, 0.3) is 16.0 Å². The van der Waals surface area contributed by atoms with Crippen LogP contribution >= 0.6 is 34.7 Å². The molecule has 0 atom stereocenters. The number of aromatic nitrogens is 4. The van der Waals surface area contributed by atoms with E-state index in [0.717, 1.165) is 17.8 Å². The highest BCUT2D eigenvalue weighted by Gasteiger charge is 2.19. The van der Waals surface area contributed by atoms with E-state index in [2.05, 4.69) is 15.5 Å². The Morgan fingerprint density at radius 2 is 2.16 bits per heavy atom. The van der Waals surface area contributed by atoms with Crippen LogP contribution in [0, 0.1) is 5.82 Å². The Kier molecular flexibility index (Phi) is 5.45. The predicted molar refractivity (Wildman–Crippen MR) is 121 cm³/mol. The second-order valence-corrected chi connectivity index (χ2v) is 8.98. The van der Waals surface area contributed by atoms with Crippen LogP contribution in [0.4, 0.5) is 10.1 Å². The van der Waals surface area contributed by atoms with E-state index in [1.54, 1.807) is 16.5 Å². The molecule has 4 heterocycles. The first-order valence-electron chi connectivity index (χ1n) is 9.26. The molecule has 0 saturated carbocycles. The highest BCUT2D eigenvalue weighted by atomic mass is 35.5. The van der Waals surface area contributed by atoms with Crippen LogP contribution in [0.1, 0.15) is 5.76 Å². The Balaban J connectivity index is 1.45. The normalized spacial score (nSPS) is 11.4. The lowest BCUT2D eigenvalue weighted by atomic mass is 10.3. The van der Waals surface area contributed by atoms with E-state index in [0.29, 0.717) is 26.9 Å². The number of amides is 1. The molecule has 0 spiro atoms. The molecule has 32 heavy (non-hydrogen) atoms. The molecule has 5 rings (SSSR count). The number of fused-ring (bicyclic) bond motifs is 3. The van der Waals surface area contributed by atoms with E-state index < -0.39 is 11.7 Å². The van der Waals surface area contributed by atoms with Crippen molar-refractivity contribution in [2.24, 2.45) is 0 Å². The molecule has 162 valence electrons. The van der Waals surface area contributed by atoms with Gasteiger partial charge in [0.05, 0.1) is 29.8 Å². The summed E-state index contributed by atoms with van der Waals surface area (Å²) in [6.45, 7) is 0.197. The summed E-state index contributed by atoms with van der Waals surface area (Å²) in [5.74, 6) is -0.134. The molecule has 0 fully saturated rings. The zero-order valence-corrected chi connectivity index (χ0v) is 18.5. The quantitative estimate of drug-likeness (QED) is 0.358. The smallest absolute Gasteiger partial charge is 0.273 e. The van der Waals surface area contributed by atoms with Gasteiger partial charge in [0.15, 0.2) is 5.16 Å². The summed E-state index contributed by atoms with van der Waals surface area (Å²) in [4.78, 5) is 25.4. The molecule has 0 aliphatic heterocycles. The van der Waals surface area contributed by atoms with Crippen molar-refractivity contribution in [1.29, 1.82) is 0 Å². The maximum atomic E-state index is 13.9. The van der Waals surface area contributed by atoms with Gasteiger partial charge in [-0.1, -0.05) is 23.4 Å². The van der Waals surface area contributed by atoms with Gasteiger partial charge < -0.3 is 9.73 Å². The molecule has 12 heteroatoms. The highest BCUT2D eigenvalue weighted by Crippen LogP contribution is 2.25. The van der Waals surface area contributed by atoms with Gasteiger partial charge in [-0.05, 0) is 41.8 Å². The van der Waals surface area contributed by atoms with Crippen LogP contribution < -0.4 is 10.9 Å². The van der Waals surface area contributed by atoms with E-state index in [1.807, 2.05) is 11.4 Å². The summed E-state index contributed by atoms with van der Waals surface area (Å²) in [6.07, 6.45) is 1.54. The second-order valence-electron chi connectivity index (χ2n) is 6.68. The number of carbonyl (C=O) groups excluding carboxylic acids is 1. The van der Waals surface area contributed by atoms with Crippen molar-refractivity contribution in [3.05, 3.63) is 75.0 Å². The molecule has 0 unspecified atom stereocenters. The minimum Gasteiger partial charge on any atom is -0.467 e. The molecule has 0 bridgehead atoms. The number of hydrogen-bond donors (Lipinski definition) is 1. The molecular weight excluding hydrogens is 477 g/mol. The Hall–Kier alpha value is -3.15. The van der Waals surface area contributed by atoms with Crippen molar-refractivity contribution in [1.82, 2.24) is 19.2 Å². The van der Waals surface area contributed by atoms with E-state index in [-0.39, 0.29) is 28.6 Å². The topological polar surface area (TPSA) is 94.4 Å².